The van der Waals surface area contributed by atoms with E-state index in [2.05, 4.69) is 52.6 Å². The third-order valence-electron chi connectivity index (χ3n) is 2.30. The summed E-state index contributed by atoms with van der Waals surface area (Å²) in [5, 5.41) is 0. The summed E-state index contributed by atoms with van der Waals surface area (Å²) in [6, 6.07) is 8.45. The maximum absolute atomic E-state index is 2.20. The maximum Gasteiger partial charge on any atom is 0.187 e. The van der Waals surface area contributed by atoms with Gasteiger partial charge in [-0.25, -0.2) is 4.58 Å². The molecular weight excluding hydrogens is 172 g/mol. The van der Waals surface area contributed by atoms with Crippen molar-refractivity contribution in [3.05, 3.63) is 41.7 Å². The molecule has 0 bridgehead atoms. The molecule has 0 unspecified atom stereocenters. The van der Waals surface area contributed by atoms with Crippen LogP contribution in [0.1, 0.15) is 11.3 Å². The second kappa shape index (κ2) is 3.29. The summed E-state index contributed by atoms with van der Waals surface area (Å²) in [7, 11) is 4.09. The molecule has 0 radical (unpaired) electrons. The molecule has 72 valence electrons. The largest absolute Gasteiger partial charge is 0.312 e. The van der Waals surface area contributed by atoms with Gasteiger partial charge < -0.3 is 4.40 Å². The van der Waals surface area contributed by atoms with Crippen molar-refractivity contribution >= 4 is 11.7 Å². The number of aromatic nitrogens is 1. The number of rotatable bonds is 1. The van der Waals surface area contributed by atoms with Crippen LogP contribution in [0.15, 0.2) is 30.5 Å². The Hall–Kier alpha value is -1.57. The molecule has 0 aliphatic heterocycles. The summed E-state index contributed by atoms with van der Waals surface area (Å²) in [6.45, 7) is 2.14. The normalized spacial score (nSPS) is 10.5. The zero-order valence-electron chi connectivity index (χ0n) is 8.86. The molecule has 2 rings (SSSR count). The molecule has 0 spiro atoms. The first kappa shape index (κ1) is 9.00. The summed E-state index contributed by atoms with van der Waals surface area (Å²) >= 11 is 0. The molecular formula is C12H15N2+. The van der Waals surface area contributed by atoms with Crippen LogP contribution in [0.25, 0.3) is 5.52 Å². The number of nitrogens with zero attached hydrogens (tertiary/aromatic N) is 2. The van der Waals surface area contributed by atoms with Crippen molar-refractivity contribution < 1.29 is 4.58 Å². The van der Waals surface area contributed by atoms with E-state index in [9.17, 15) is 0 Å². The average molecular weight is 187 g/mol. The lowest BCUT2D eigenvalue weighted by Gasteiger charge is -1.96. The van der Waals surface area contributed by atoms with Crippen LogP contribution in [0, 0.1) is 6.92 Å². The Bertz CT molecular complexity index is 488. The lowest BCUT2D eigenvalue weighted by atomic mass is 10.3. The Balaban J connectivity index is 2.74. The van der Waals surface area contributed by atoms with E-state index in [4.69, 9.17) is 0 Å². The fraction of sp³-hybridized carbons (Fsp3) is 0.250. The van der Waals surface area contributed by atoms with E-state index in [1.807, 2.05) is 14.1 Å². The van der Waals surface area contributed by atoms with Crippen LogP contribution in [0.3, 0.4) is 0 Å². The first-order valence-electron chi connectivity index (χ1n) is 4.76. The van der Waals surface area contributed by atoms with Crippen LogP contribution in [0.2, 0.25) is 0 Å². The predicted octanol–water partition coefficient (Wildman–Crippen LogP) is 1.94. The fourth-order valence-corrected chi connectivity index (χ4v) is 1.69. The van der Waals surface area contributed by atoms with Gasteiger partial charge >= 0.3 is 0 Å². The molecule has 2 heterocycles. The smallest absolute Gasteiger partial charge is 0.187 e. The Morgan fingerprint density at radius 1 is 1.29 bits per heavy atom. The van der Waals surface area contributed by atoms with Crippen molar-refractivity contribution in [2.24, 2.45) is 0 Å². The molecule has 2 nitrogen and oxygen atoms in total. The molecule has 0 aromatic carbocycles. The van der Waals surface area contributed by atoms with Gasteiger partial charge in [0, 0.05) is 11.7 Å². The van der Waals surface area contributed by atoms with Crippen molar-refractivity contribution in [1.82, 2.24) is 4.40 Å². The molecule has 0 saturated carbocycles. The van der Waals surface area contributed by atoms with E-state index in [0.29, 0.717) is 0 Å². The molecule has 0 aliphatic rings. The average Bonchev–Trinajstić information content (AvgIpc) is 2.43. The van der Waals surface area contributed by atoms with Gasteiger partial charge in [-0.1, -0.05) is 6.07 Å². The van der Waals surface area contributed by atoms with Gasteiger partial charge in [0.1, 0.15) is 19.8 Å². The number of aryl methyl sites for hydroxylation is 1. The van der Waals surface area contributed by atoms with Crippen LogP contribution < -0.4 is 0 Å². The Labute approximate surface area is 84.1 Å². The topological polar surface area (TPSA) is 7.42 Å². The monoisotopic (exact) mass is 187 g/mol. The second-order valence-electron chi connectivity index (χ2n) is 3.80. The van der Waals surface area contributed by atoms with E-state index in [0.717, 1.165) is 0 Å². The summed E-state index contributed by atoms with van der Waals surface area (Å²) in [5.41, 5.74) is 3.81. The predicted molar refractivity (Wildman–Crippen MR) is 59.4 cm³/mol. The van der Waals surface area contributed by atoms with Crippen LogP contribution in [0.4, 0.5) is 0 Å². The van der Waals surface area contributed by atoms with Gasteiger partial charge in [0.05, 0.1) is 0 Å². The van der Waals surface area contributed by atoms with Crippen molar-refractivity contribution in [1.29, 1.82) is 0 Å². The quantitative estimate of drug-likeness (QED) is 0.476. The van der Waals surface area contributed by atoms with Gasteiger partial charge in [-0.2, -0.15) is 0 Å². The van der Waals surface area contributed by atoms with Crippen molar-refractivity contribution in [3.63, 3.8) is 0 Å². The molecule has 2 aromatic heterocycles. The van der Waals surface area contributed by atoms with Gasteiger partial charge in [-0.3, -0.25) is 0 Å². The first-order chi connectivity index (χ1) is 6.68. The minimum absolute atomic E-state index is 1.25. The van der Waals surface area contributed by atoms with Crippen molar-refractivity contribution in [3.8, 4) is 0 Å². The second-order valence-corrected chi connectivity index (χ2v) is 3.80. The van der Waals surface area contributed by atoms with Crippen LogP contribution in [0.5, 0.6) is 0 Å². The van der Waals surface area contributed by atoms with Crippen LogP contribution in [-0.4, -0.2) is 29.3 Å². The van der Waals surface area contributed by atoms with E-state index in [-0.39, 0.29) is 0 Å². The standard InChI is InChI=1S/C12H15N2/c1-10-8-11-6-4-5-7-14(11)12(10)9-13(2)3/h4-9H,1-3H3/q+1. The van der Waals surface area contributed by atoms with Crippen LogP contribution in [-0.2, 0) is 0 Å². The highest BCUT2D eigenvalue weighted by Crippen LogP contribution is 2.13. The number of hydrogen-bond donors (Lipinski definition) is 0. The fourth-order valence-electron chi connectivity index (χ4n) is 1.69. The minimum Gasteiger partial charge on any atom is -0.312 e. The molecule has 2 heteroatoms. The van der Waals surface area contributed by atoms with E-state index in [1.54, 1.807) is 0 Å². The lowest BCUT2D eigenvalue weighted by molar-refractivity contribution is -0.459. The van der Waals surface area contributed by atoms with Gasteiger partial charge in [-0.15, -0.1) is 0 Å². The maximum atomic E-state index is 2.20. The molecule has 0 N–H and O–H groups in total. The molecule has 2 aromatic rings. The Morgan fingerprint density at radius 2 is 2.07 bits per heavy atom. The third-order valence-corrected chi connectivity index (χ3v) is 2.30. The highest BCUT2D eigenvalue weighted by Gasteiger charge is 2.05. The molecule has 0 fully saturated rings. The molecule has 0 amide bonds. The summed E-state index contributed by atoms with van der Waals surface area (Å²) in [6.07, 6.45) is 4.24. The van der Waals surface area contributed by atoms with Crippen molar-refractivity contribution in [2.75, 3.05) is 14.1 Å². The molecule has 0 atom stereocenters. The summed E-state index contributed by atoms with van der Waals surface area (Å²) < 4.78 is 4.27. The van der Waals surface area contributed by atoms with E-state index >= 15 is 0 Å². The number of hydrogen-bond acceptors (Lipinski definition) is 0. The van der Waals surface area contributed by atoms with E-state index < -0.39 is 0 Å². The first-order valence-corrected chi connectivity index (χ1v) is 4.76. The number of fused-ring (bicyclic) bond motifs is 1. The molecule has 0 saturated heterocycles. The Morgan fingerprint density at radius 3 is 2.79 bits per heavy atom. The third kappa shape index (κ3) is 1.43. The molecule has 14 heavy (non-hydrogen) atoms. The molecule has 0 aliphatic carbocycles. The summed E-state index contributed by atoms with van der Waals surface area (Å²) in [5.74, 6) is 0. The minimum atomic E-state index is 1.25. The van der Waals surface area contributed by atoms with Crippen LogP contribution >= 0.6 is 0 Å². The van der Waals surface area contributed by atoms with Gasteiger partial charge in [0.25, 0.3) is 0 Å². The Kier molecular flexibility index (Phi) is 2.12. The van der Waals surface area contributed by atoms with Gasteiger partial charge in [0.15, 0.2) is 6.21 Å². The number of pyridine rings is 1. The lowest BCUT2D eigenvalue weighted by Crippen LogP contribution is -2.03. The van der Waals surface area contributed by atoms with E-state index in [1.165, 1.54) is 16.8 Å². The highest BCUT2D eigenvalue weighted by atomic mass is 15.0. The zero-order valence-corrected chi connectivity index (χ0v) is 8.86. The highest BCUT2D eigenvalue weighted by molar-refractivity contribution is 5.79. The van der Waals surface area contributed by atoms with Gasteiger partial charge in [0.2, 0.25) is 0 Å². The SMILES string of the molecule is Cc1cc2ccccn2c1C=[N+](C)C. The van der Waals surface area contributed by atoms with Crippen molar-refractivity contribution in [2.45, 2.75) is 6.92 Å². The summed E-state index contributed by atoms with van der Waals surface area (Å²) in [4.78, 5) is 0. The van der Waals surface area contributed by atoms with Gasteiger partial charge in [-0.05, 0) is 30.7 Å². The zero-order chi connectivity index (χ0) is 10.1.